The Bertz CT molecular complexity index is 186. The number of nitrogens with one attached hydrogen (secondary N) is 1. The van der Waals surface area contributed by atoms with Gasteiger partial charge in [0.25, 0.3) is 0 Å². The van der Waals surface area contributed by atoms with Crippen molar-refractivity contribution in [2.24, 2.45) is 0 Å². The highest BCUT2D eigenvalue weighted by Gasteiger charge is 1.88. The van der Waals surface area contributed by atoms with Crippen LogP contribution in [0.15, 0.2) is 30.3 Å². The monoisotopic (exact) mass is 150 g/mol. The molecule has 1 aromatic carbocycles. The minimum Gasteiger partial charge on any atom is -0.494 e. The van der Waals surface area contributed by atoms with Crippen LogP contribution in [0.25, 0.3) is 0 Å². The molecule has 0 atom stereocenters. The summed E-state index contributed by atoms with van der Waals surface area (Å²) < 4.78 is 5.33. The van der Waals surface area contributed by atoms with Gasteiger partial charge in [-0.15, -0.1) is 0 Å². The van der Waals surface area contributed by atoms with E-state index in [2.05, 4.69) is 0 Å². The molecule has 1 rings (SSSR count). The Kier molecular flexibility index (Phi) is 3.48. The average molecular weight is 150 g/mol. The molecule has 0 bridgehead atoms. The van der Waals surface area contributed by atoms with Crippen molar-refractivity contribution in [3.05, 3.63) is 30.3 Å². The molecule has 0 fully saturated rings. The van der Waals surface area contributed by atoms with Crippen molar-refractivity contribution >= 4 is 0 Å². The summed E-state index contributed by atoms with van der Waals surface area (Å²) in [6.45, 7) is 1.08. The Balaban J connectivity index is 2.28. The van der Waals surface area contributed by atoms with Crippen LogP contribution in [0, 0.1) is 0 Å². The van der Waals surface area contributed by atoms with Gasteiger partial charge in [0.15, 0.2) is 0 Å². The van der Waals surface area contributed by atoms with Crippen LogP contribution < -0.4 is 10.5 Å². The Labute approximate surface area is 67.0 Å². The van der Waals surface area contributed by atoms with E-state index in [1.54, 1.807) is 0 Å². The van der Waals surface area contributed by atoms with Gasteiger partial charge in [-0.05, 0) is 18.6 Å². The van der Waals surface area contributed by atoms with E-state index in [1.807, 2.05) is 30.3 Å². The summed E-state index contributed by atoms with van der Waals surface area (Å²) in [6.07, 6.45) is 0.800. The van der Waals surface area contributed by atoms with E-state index in [9.17, 15) is 0 Å². The first-order valence-corrected chi connectivity index (χ1v) is 3.76. The van der Waals surface area contributed by atoms with Crippen molar-refractivity contribution in [1.82, 2.24) is 5.73 Å². The van der Waals surface area contributed by atoms with Crippen molar-refractivity contribution < 1.29 is 4.74 Å². The standard InChI is InChI=1S/C9H12NO/c10-7-4-8-11-9-5-2-1-3-6-9/h1-3,5-6,10H,4,7-8H2. The van der Waals surface area contributed by atoms with Crippen molar-refractivity contribution in [2.45, 2.75) is 6.42 Å². The van der Waals surface area contributed by atoms with Gasteiger partial charge in [-0.2, -0.15) is 0 Å². The van der Waals surface area contributed by atoms with Crippen molar-refractivity contribution in [2.75, 3.05) is 13.2 Å². The highest BCUT2D eigenvalue weighted by molar-refractivity contribution is 5.20. The first-order valence-electron chi connectivity index (χ1n) is 3.76. The van der Waals surface area contributed by atoms with Crippen LogP contribution in [0.2, 0.25) is 0 Å². The quantitative estimate of drug-likeness (QED) is 0.602. The normalized spacial score (nSPS) is 9.55. The van der Waals surface area contributed by atoms with Gasteiger partial charge in [0.2, 0.25) is 0 Å². The average Bonchev–Trinajstić information content (AvgIpc) is 2.07. The number of benzene rings is 1. The zero-order chi connectivity index (χ0) is 7.94. The lowest BCUT2D eigenvalue weighted by atomic mass is 10.3. The fraction of sp³-hybridized carbons (Fsp3) is 0.333. The Morgan fingerprint density at radius 1 is 1.18 bits per heavy atom. The van der Waals surface area contributed by atoms with Crippen LogP contribution >= 0.6 is 0 Å². The first-order chi connectivity index (χ1) is 5.43. The summed E-state index contributed by atoms with van der Waals surface area (Å²) in [5.41, 5.74) is 6.89. The van der Waals surface area contributed by atoms with Gasteiger partial charge in [0.1, 0.15) is 5.75 Å². The Morgan fingerprint density at radius 2 is 1.91 bits per heavy atom. The topological polar surface area (TPSA) is 33.0 Å². The molecule has 2 nitrogen and oxygen atoms in total. The van der Waals surface area contributed by atoms with Gasteiger partial charge in [-0.1, -0.05) is 18.2 Å². The van der Waals surface area contributed by atoms with Crippen LogP contribution in [0.5, 0.6) is 5.75 Å². The number of hydrogen-bond donors (Lipinski definition) is 0. The largest absolute Gasteiger partial charge is 0.494 e. The minimum absolute atomic E-state index is 0.437. The molecule has 0 aliphatic heterocycles. The molecule has 1 aromatic rings. The maximum atomic E-state index is 6.89. The Morgan fingerprint density at radius 3 is 2.55 bits per heavy atom. The van der Waals surface area contributed by atoms with E-state index in [1.165, 1.54) is 0 Å². The van der Waals surface area contributed by atoms with Gasteiger partial charge >= 0.3 is 0 Å². The summed E-state index contributed by atoms with van der Waals surface area (Å²) in [4.78, 5) is 0. The number of ether oxygens (including phenoxy) is 1. The molecular weight excluding hydrogens is 138 g/mol. The zero-order valence-corrected chi connectivity index (χ0v) is 6.42. The summed E-state index contributed by atoms with van der Waals surface area (Å²) in [7, 11) is 0. The third kappa shape index (κ3) is 3.05. The second-order valence-corrected chi connectivity index (χ2v) is 2.27. The van der Waals surface area contributed by atoms with Crippen LogP contribution in [-0.4, -0.2) is 13.2 Å². The lowest BCUT2D eigenvalue weighted by Gasteiger charge is -2.02. The lowest BCUT2D eigenvalue weighted by molar-refractivity contribution is 0.313. The predicted octanol–water partition coefficient (Wildman–Crippen LogP) is 1.74. The molecule has 0 saturated carbocycles. The smallest absolute Gasteiger partial charge is 0.119 e. The SMILES string of the molecule is [NH]CCCOc1ccccc1. The second kappa shape index (κ2) is 4.74. The van der Waals surface area contributed by atoms with E-state index in [0.717, 1.165) is 12.2 Å². The third-order valence-electron chi connectivity index (χ3n) is 1.33. The van der Waals surface area contributed by atoms with E-state index in [-0.39, 0.29) is 0 Å². The number of rotatable bonds is 4. The van der Waals surface area contributed by atoms with Gasteiger partial charge in [0, 0.05) is 6.54 Å². The molecular formula is C9H12NO. The van der Waals surface area contributed by atoms with Gasteiger partial charge in [0.05, 0.1) is 6.61 Å². The summed E-state index contributed by atoms with van der Waals surface area (Å²) >= 11 is 0. The summed E-state index contributed by atoms with van der Waals surface area (Å²) in [5, 5.41) is 0. The predicted molar refractivity (Wildman–Crippen MR) is 44.5 cm³/mol. The fourth-order valence-electron chi connectivity index (χ4n) is 0.779. The van der Waals surface area contributed by atoms with E-state index >= 15 is 0 Å². The maximum absolute atomic E-state index is 6.89. The van der Waals surface area contributed by atoms with Gasteiger partial charge < -0.3 is 4.74 Å². The molecule has 0 unspecified atom stereocenters. The van der Waals surface area contributed by atoms with E-state index in [4.69, 9.17) is 10.5 Å². The summed E-state index contributed by atoms with van der Waals surface area (Å²) in [6, 6.07) is 9.68. The highest BCUT2D eigenvalue weighted by Crippen LogP contribution is 2.07. The molecule has 0 aliphatic carbocycles. The number of para-hydroxylation sites is 1. The first kappa shape index (κ1) is 8.08. The van der Waals surface area contributed by atoms with Crippen LogP contribution in [0.3, 0.4) is 0 Å². The number of hydrogen-bond acceptors (Lipinski definition) is 1. The molecule has 1 radical (unpaired) electrons. The zero-order valence-electron chi connectivity index (χ0n) is 6.42. The molecule has 0 aliphatic rings. The van der Waals surface area contributed by atoms with E-state index in [0.29, 0.717) is 13.2 Å². The molecule has 2 heteroatoms. The highest BCUT2D eigenvalue weighted by atomic mass is 16.5. The molecule has 11 heavy (non-hydrogen) atoms. The van der Waals surface area contributed by atoms with Crippen molar-refractivity contribution in [1.29, 1.82) is 0 Å². The fourth-order valence-corrected chi connectivity index (χ4v) is 0.779. The van der Waals surface area contributed by atoms with Crippen molar-refractivity contribution in [3.8, 4) is 5.75 Å². The van der Waals surface area contributed by atoms with Crippen LogP contribution in [0.4, 0.5) is 0 Å². The molecule has 0 saturated heterocycles. The second-order valence-electron chi connectivity index (χ2n) is 2.27. The molecule has 1 N–H and O–H groups in total. The molecule has 0 aromatic heterocycles. The molecule has 0 amide bonds. The Hall–Kier alpha value is -1.02. The maximum Gasteiger partial charge on any atom is 0.119 e. The molecule has 0 heterocycles. The molecule has 59 valence electrons. The van der Waals surface area contributed by atoms with Crippen LogP contribution in [-0.2, 0) is 0 Å². The lowest BCUT2D eigenvalue weighted by Crippen LogP contribution is -1.99. The van der Waals surface area contributed by atoms with Gasteiger partial charge in [-0.25, -0.2) is 0 Å². The molecule has 0 spiro atoms. The summed E-state index contributed by atoms with van der Waals surface area (Å²) in [5.74, 6) is 0.890. The van der Waals surface area contributed by atoms with Gasteiger partial charge in [-0.3, -0.25) is 5.73 Å². The minimum atomic E-state index is 0.437. The van der Waals surface area contributed by atoms with Crippen molar-refractivity contribution in [3.63, 3.8) is 0 Å². The third-order valence-corrected chi connectivity index (χ3v) is 1.33. The van der Waals surface area contributed by atoms with Crippen LogP contribution in [0.1, 0.15) is 6.42 Å². The van der Waals surface area contributed by atoms with E-state index < -0.39 is 0 Å².